The van der Waals surface area contributed by atoms with E-state index in [0.717, 1.165) is 38.2 Å². The Labute approximate surface area is 127 Å². The van der Waals surface area contributed by atoms with E-state index in [2.05, 4.69) is 48.3 Å². The third-order valence-corrected chi connectivity index (χ3v) is 4.44. The van der Waals surface area contributed by atoms with Crippen molar-refractivity contribution < 1.29 is 9.53 Å². The van der Waals surface area contributed by atoms with Gasteiger partial charge >= 0.3 is 5.97 Å². The molecule has 0 radical (unpaired) electrons. The molecule has 2 rings (SSSR count). The van der Waals surface area contributed by atoms with Crippen molar-refractivity contribution >= 4 is 5.97 Å². The zero-order chi connectivity index (χ0) is 15.3. The summed E-state index contributed by atoms with van der Waals surface area (Å²) in [5.41, 5.74) is 1.56. The lowest BCUT2D eigenvalue weighted by Gasteiger charge is -2.41. The largest absolute Gasteiger partial charge is 0.467 e. The number of ether oxygens (including phenoxy) is 1. The fraction of sp³-hybridized carbons (Fsp3) is 0.588. The second-order valence-corrected chi connectivity index (χ2v) is 5.66. The predicted molar refractivity (Wildman–Crippen MR) is 84.2 cm³/mol. The van der Waals surface area contributed by atoms with Crippen molar-refractivity contribution in [3.63, 3.8) is 0 Å². The highest BCUT2D eigenvalue weighted by Gasteiger charge is 2.45. The molecule has 1 aliphatic rings. The standard InChI is InChI=1S/C17H26N2O2/c1-4-17(16(20)21-3,15-8-6-14(2)7-9-15)19-12-5-10-18-11-13-19/h6-9,18H,4-5,10-13H2,1-3H3. The number of rotatable bonds is 4. The fourth-order valence-corrected chi connectivity index (χ4v) is 3.23. The van der Waals surface area contributed by atoms with Gasteiger partial charge in [0.1, 0.15) is 5.54 Å². The third-order valence-electron chi connectivity index (χ3n) is 4.44. The molecule has 1 aromatic carbocycles. The van der Waals surface area contributed by atoms with Crippen LogP contribution in [0.4, 0.5) is 0 Å². The van der Waals surface area contributed by atoms with Gasteiger partial charge in [0.05, 0.1) is 7.11 Å². The lowest BCUT2D eigenvalue weighted by atomic mass is 9.84. The Kier molecular flexibility index (Phi) is 5.37. The molecule has 1 aromatic rings. The minimum Gasteiger partial charge on any atom is -0.467 e. The minimum atomic E-state index is -0.672. The molecule has 1 fully saturated rings. The highest BCUT2D eigenvalue weighted by Crippen LogP contribution is 2.34. The Hall–Kier alpha value is -1.39. The van der Waals surface area contributed by atoms with Gasteiger partial charge < -0.3 is 10.1 Å². The lowest BCUT2D eigenvalue weighted by Crippen LogP contribution is -2.53. The van der Waals surface area contributed by atoms with Crippen LogP contribution in [0.15, 0.2) is 24.3 Å². The van der Waals surface area contributed by atoms with Crippen LogP contribution >= 0.6 is 0 Å². The highest BCUT2D eigenvalue weighted by atomic mass is 16.5. The van der Waals surface area contributed by atoms with E-state index in [-0.39, 0.29) is 5.97 Å². The van der Waals surface area contributed by atoms with E-state index in [9.17, 15) is 4.79 Å². The number of hydrogen-bond acceptors (Lipinski definition) is 4. The van der Waals surface area contributed by atoms with Gasteiger partial charge in [0.15, 0.2) is 0 Å². The molecule has 116 valence electrons. The molecule has 0 aromatic heterocycles. The van der Waals surface area contributed by atoms with Crippen LogP contribution in [0.2, 0.25) is 0 Å². The third kappa shape index (κ3) is 3.11. The molecule has 21 heavy (non-hydrogen) atoms. The second-order valence-electron chi connectivity index (χ2n) is 5.66. The number of methoxy groups -OCH3 is 1. The SMILES string of the molecule is CCC(C(=O)OC)(c1ccc(C)cc1)N1CCCNCC1. The Morgan fingerprint density at radius 2 is 2.00 bits per heavy atom. The Bertz CT molecular complexity index is 464. The van der Waals surface area contributed by atoms with Crippen LogP contribution in [0.1, 0.15) is 30.9 Å². The zero-order valence-corrected chi connectivity index (χ0v) is 13.3. The van der Waals surface area contributed by atoms with Crippen molar-refractivity contribution in [3.8, 4) is 0 Å². The monoisotopic (exact) mass is 290 g/mol. The van der Waals surface area contributed by atoms with Crippen molar-refractivity contribution in [2.45, 2.75) is 32.2 Å². The summed E-state index contributed by atoms with van der Waals surface area (Å²) in [7, 11) is 1.48. The van der Waals surface area contributed by atoms with Gasteiger partial charge in [-0.3, -0.25) is 4.90 Å². The van der Waals surface area contributed by atoms with Gasteiger partial charge in [0, 0.05) is 19.6 Å². The predicted octanol–water partition coefficient (Wildman–Crippen LogP) is 2.07. The number of carbonyl (C=O) groups is 1. The first-order valence-corrected chi connectivity index (χ1v) is 7.76. The molecular weight excluding hydrogens is 264 g/mol. The van der Waals surface area contributed by atoms with E-state index in [1.165, 1.54) is 12.7 Å². The molecule has 1 aliphatic heterocycles. The smallest absolute Gasteiger partial charge is 0.330 e. The second kappa shape index (κ2) is 7.05. The van der Waals surface area contributed by atoms with Gasteiger partial charge in [0.2, 0.25) is 0 Å². The average Bonchev–Trinajstić information content (AvgIpc) is 2.79. The lowest BCUT2D eigenvalue weighted by molar-refractivity contribution is -0.156. The zero-order valence-electron chi connectivity index (χ0n) is 13.3. The highest BCUT2D eigenvalue weighted by molar-refractivity contribution is 5.82. The Balaban J connectivity index is 2.46. The normalized spacial score (nSPS) is 19.6. The summed E-state index contributed by atoms with van der Waals surface area (Å²) in [6, 6.07) is 8.26. The molecule has 1 N–H and O–H groups in total. The van der Waals surface area contributed by atoms with Crippen LogP contribution < -0.4 is 5.32 Å². The molecule has 0 saturated carbocycles. The molecule has 0 spiro atoms. The number of aryl methyl sites for hydroxylation is 1. The van der Waals surface area contributed by atoms with Crippen LogP contribution in [0.5, 0.6) is 0 Å². The van der Waals surface area contributed by atoms with E-state index < -0.39 is 5.54 Å². The fourth-order valence-electron chi connectivity index (χ4n) is 3.23. The van der Waals surface area contributed by atoms with Crippen molar-refractivity contribution in [2.24, 2.45) is 0 Å². The number of benzene rings is 1. The van der Waals surface area contributed by atoms with E-state index in [0.29, 0.717) is 6.42 Å². The molecular formula is C17H26N2O2. The number of nitrogens with zero attached hydrogens (tertiary/aromatic N) is 1. The molecule has 0 bridgehead atoms. The van der Waals surface area contributed by atoms with Crippen molar-refractivity contribution in [1.29, 1.82) is 0 Å². The molecule has 0 amide bonds. The first kappa shape index (κ1) is 16.0. The Morgan fingerprint density at radius 3 is 2.62 bits per heavy atom. The van der Waals surface area contributed by atoms with Crippen LogP contribution in [-0.2, 0) is 15.1 Å². The maximum absolute atomic E-state index is 12.7. The van der Waals surface area contributed by atoms with E-state index in [1.54, 1.807) is 0 Å². The quantitative estimate of drug-likeness (QED) is 0.862. The van der Waals surface area contributed by atoms with Crippen LogP contribution in [0.25, 0.3) is 0 Å². The number of esters is 1. The van der Waals surface area contributed by atoms with Gasteiger partial charge in [-0.05, 0) is 31.9 Å². The van der Waals surface area contributed by atoms with Gasteiger partial charge in [-0.25, -0.2) is 4.79 Å². The molecule has 1 heterocycles. The number of hydrogen-bond donors (Lipinski definition) is 1. The first-order valence-electron chi connectivity index (χ1n) is 7.76. The van der Waals surface area contributed by atoms with Crippen molar-refractivity contribution in [1.82, 2.24) is 10.2 Å². The summed E-state index contributed by atoms with van der Waals surface area (Å²) in [5.74, 6) is -0.157. The molecule has 4 nitrogen and oxygen atoms in total. The van der Waals surface area contributed by atoms with Gasteiger partial charge in [0.25, 0.3) is 0 Å². The molecule has 1 atom stereocenters. The van der Waals surface area contributed by atoms with E-state index in [1.807, 2.05) is 0 Å². The van der Waals surface area contributed by atoms with Crippen molar-refractivity contribution in [2.75, 3.05) is 33.3 Å². The van der Waals surface area contributed by atoms with Crippen LogP contribution in [0.3, 0.4) is 0 Å². The summed E-state index contributed by atoms with van der Waals surface area (Å²) in [4.78, 5) is 15.0. The summed E-state index contributed by atoms with van der Waals surface area (Å²) in [6.45, 7) is 7.80. The average molecular weight is 290 g/mol. The molecule has 0 aliphatic carbocycles. The molecule has 4 heteroatoms. The van der Waals surface area contributed by atoms with Gasteiger partial charge in [-0.15, -0.1) is 0 Å². The maximum atomic E-state index is 12.7. The summed E-state index contributed by atoms with van der Waals surface area (Å²) < 4.78 is 5.18. The van der Waals surface area contributed by atoms with E-state index >= 15 is 0 Å². The molecule has 1 saturated heterocycles. The van der Waals surface area contributed by atoms with Gasteiger partial charge in [-0.2, -0.15) is 0 Å². The maximum Gasteiger partial charge on any atom is 0.330 e. The molecule has 1 unspecified atom stereocenters. The van der Waals surface area contributed by atoms with E-state index in [4.69, 9.17) is 4.74 Å². The number of carbonyl (C=O) groups excluding carboxylic acids is 1. The van der Waals surface area contributed by atoms with Crippen LogP contribution in [-0.4, -0.2) is 44.2 Å². The minimum absolute atomic E-state index is 0.157. The topological polar surface area (TPSA) is 41.6 Å². The summed E-state index contributed by atoms with van der Waals surface area (Å²) >= 11 is 0. The Morgan fingerprint density at radius 1 is 1.29 bits per heavy atom. The van der Waals surface area contributed by atoms with Crippen LogP contribution in [0, 0.1) is 6.92 Å². The number of nitrogens with one attached hydrogen (secondary N) is 1. The summed E-state index contributed by atoms with van der Waals surface area (Å²) in [5, 5.41) is 3.40. The van der Waals surface area contributed by atoms with Crippen molar-refractivity contribution in [3.05, 3.63) is 35.4 Å². The summed E-state index contributed by atoms with van der Waals surface area (Å²) in [6.07, 6.45) is 1.76. The first-order chi connectivity index (χ1) is 10.1. The van der Waals surface area contributed by atoms with Gasteiger partial charge in [-0.1, -0.05) is 36.8 Å².